The Labute approximate surface area is 121 Å². The number of anilines is 1. The molecule has 0 radical (unpaired) electrons. The van der Waals surface area contributed by atoms with Gasteiger partial charge in [-0.3, -0.25) is 4.79 Å². The number of nitrogens with zero attached hydrogens (tertiary/aromatic N) is 1. The van der Waals surface area contributed by atoms with Crippen LogP contribution in [0.25, 0.3) is 0 Å². The van der Waals surface area contributed by atoms with Crippen LogP contribution in [0.1, 0.15) is 18.4 Å². The summed E-state index contributed by atoms with van der Waals surface area (Å²) >= 11 is 3.62. The smallest absolute Gasteiger partial charge is 0.239 e. The van der Waals surface area contributed by atoms with Crippen LogP contribution >= 0.6 is 15.9 Å². The van der Waals surface area contributed by atoms with Crippen LogP contribution in [0, 0.1) is 0 Å². The molecule has 2 aliphatic rings. The molecule has 0 atom stereocenters. The predicted molar refractivity (Wildman–Crippen MR) is 79.2 cm³/mol. The summed E-state index contributed by atoms with van der Waals surface area (Å²) < 4.78 is 1.07. The van der Waals surface area contributed by atoms with E-state index in [1.165, 1.54) is 18.4 Å². The second-order valence-corrected chi connectivity index (χ2v) is 6.07. The number of halogens is 1. The molecule has 1 aliphatic heterocycles. The van der Waals surface area contributed by atoms with Crippen molar-refractivity contribution in [3.8, 4) is 0 Å². The minimum absolute atomic E-state index is 0.0950. The summed E-state index contributed by atoms with van der Waals surface area (Å²) in [6.45, 7) is 2.95. The summed E-state index contributed by atoms with van der Waals surface area (Å²) in [6.07, 6.45) is 2.62. The molecular weight excluding hydrogens is 306 g/mol. The van der Waals surface area contributed by atoms with Gasteiger partial charge in [0.25, 0.3) is 0 Å². The Balaban J connectivity index is 1.69. The highest BCUT2D eigenvalue weighted by atomic mass is 79.9. The zero-order valence-corrected chi connectivity index (χ0v) is 12.4. The van der Waals surface area contributed by atoms with Crippen molar-refractivity contribution in [2.24, 2.45) is 0 Å². The Morgan fingerprint density at radius 3 is 2.95 bits per heavy atom. The molecule has 1 saturated carbocycles. The van der Waals surface area contributed by atoms with Gasteiger partial charge in [0.15, 0.2) is 0 Å². The van der Waals surface area contributed by atoms with E-state index in [-0.39, 0.29) is 5.91 Å². The first-order valence-electron chi connectivity index (χ1n) is 6.76. The van der Waals surface area contributed by atoms with E-state index in [0.717, 1.165) is 35.8 Å². The van der Waals surface area contributed by atoms with Gasteiger partial charge in [-0.1, -0.05) is 6.07 Å². The Hall–Kier alpha value is -1.07. The van der Waals surface area contributed by atoms with E-state index < -0.39 is 0 Å². The Kier molecular flexibility index (Phi) is 3.75. The van der Waals surface area contributed by atoms with Crippen LogP contribution in [-0.2, 0) is 11.3 Å². The molecule has 0 aromatic heterocycles. The maximum atomic E-state index is 11.4. The Bertz CT molecular complexity index is 488. The van der Waals surface area contributed by atoms with Crippen LogP contribution in [0.3, 0.4) is 0 Å². The molecule has 1 amide bonds. The van der Waals surface area contributed by atoms with Crippen LogP contribution < -0.4 is 15.5 Å². The lowest BCUT2D eigenvalue weighted by Crippen LogP contribution is -2.47. The minimum atomic E-state index is 0.0950. The molecule has 0 bridgehead atoms. The van der Waals surface area contributed by atoms with Crippen molar-refractivity contribution in [2.45, 2.75) is 25.4 Å². The number of rotatable bonds is 4. The summed E-state index contributed by atoms with van der Waals surface area (Å²) in [6, 6.07) is 7.12. The molecule has 0 unspecified atom stereocenters. The molecule has 1 saturated heterocycles. The largest absolute Gasteiger partial charge is 0.360 e. The topological polar surface area (TPSA) is 44.4 Å². The van der Waals surface area contributed by atoms with Crippen molar-refractivity contribution >= 4 is 27.5 Å². The normalized spacial score (nSPS) is 19.4. The molecule has 2 fully saturated rings. The van der Waals surface area contributed by atoms with Gasteiger partial charge in [-0.2, -0.15) is 0 Å². The van der Waals surface area contributed by atoms with E-state index in [9.17, 15) is 4.79 Å². The van der Waals surface area contributed by atoms with Crippen LogP contribution in [0.15, 0.2) is 22.7 Å². The lowest BCUT2D eigenvalue weighted by atomic mass is 10.2. The highest BCUT2D eigenvalue weighted by molar-refractivity contribution is 9.10. The summed E-state index contributed by atoms with van der Waals surface area (Å²) in [4.78, 5) is 13.5. The van der Waals surface area contributed by atoms with E-state index in [0.29, 0.717) is 6.54 Å². The van der Waals surface area contributed by atoms with Crippen molar-refractivity contribution in [2.75, 3.05) is 24.5 Å². The average molecular weight is 324 g/mol. The van der Waals surface area contributed by atoms with Gasteiger partial charge in [0, 0.05) is 30.1 Å². The zero-order valence-electron chi connectivity index (χ0n) is 10.8. The number of benzene rings is 1. The van der Waals surface area contributed by atoms with Crippen molar-refractivity contribution in [3.63, 3.8) is 0 Å². The van der Waals surface area contributed by atoms with Gasteiger partial charge < -0.3 is 15.5 Å². The average Bonchev–Trinajstić information content (AvgIpc) is 3.20. The standard InChI is InChI=1S/C14H18BrN3O/c15-12-7-10(8-17-11-2-3-11)1-4-13(12)18-6-5-16-14(19)9-18/h1,4,7,11,17H,2-3,5-6,8-9H2,(H,16,19). The second-order valence-electron chi connectivity index (χ2n) is 5.21. The van der Waals surface area contributed by atoms with Gasteiger partial charge in [-0.15, -0.1) is 0 Å². The van der Waals surface area contributed by atoms with Crippen LogP contribution in [0.5, 0.6) is 0 Å². The summed E-state index contributed by atoms with van der Waals surface area (Å²) in [5, 5.41) is 6.35. The first kappa shape index (κ1) is 12.9. The SMILES string of the molecule is O=C1CN(c2ccc(CNC3CC3)cc2Br)CCN1. The van der Waals surface area contributed by atoms with Gasteiger partial charge in [0.05, 0.1) is 12.2 Å². The monoisotopic (exact) mass is 323 g/mol. The zero-order chi connectivity index (χ0) is 13.2. The maximum Gasteiger partial charge on any atom is 0.239 e. The number of hydrogen-bond donors (Lipinski definition) is 2. The number of carbonyl (C=O) groups is 1. The summed E-state index contributed by atoms with van der Waals surface area (Å²) in [7, 11) is 0. The Morgan fingerprint density at radius 1 is 1.42 bits per heavy atom. The van der Waals surface area contributed by atoms with E-state index in [1.807, 2.05) is 0 Å². The fraction of sp³-hybridized carbons (Fsp3) is 0.500. The molecule has 1 aromatic carbocycles. The number of amides is 1. The molecule has 2 N–H and O–H groups in total. The summed E-state index contributed by atoms with van der Waals surface area (Å²) in [5.41, 5.74) is 2.38. The molecule has 1 aromatic rings. The van der Waals surface area contributed by atoms with Crippen LogP contribution in [-0.4, -0.2) is 31.6 Å². The number of hydrogen-bond acceptors (Lipinski definition) is 3. The van der Waals surface area contributed by atoms with Crippen molar-refractivity contribution < 1.29 is 4.79 Å². The minimum Gasteiger partial charge on any atom is -0.360 e. The second kappa shape index (κ2) is 5.51. The predicted octanol–water partition coefficient (Wildman–Crippen LogP) is 1.64. The highest BCUT2D eigenvalue weighted by Crippen LogP contribution is 2.28. The third-order valence-corrected chi connectivity index (χ3v) is 4.20. The van der Waals surface area contributed by atoms with E-state index in [1.54, 1.807) is 0 Å². The third-order valence-electron chi connectivity index (χ3n) is 3.56. The third kappa shape index (κ3) is 3.28. The number of piperazine rings is 1. The van der Waals surface area contributed by atoms with Gasteiger partial charge in [-0.05, 0) is 46.5 Å². The fourth-order valence-electron chi connectivity index (χ4n) is 2.31. The molecule has 102 valence electrons. The maximum absolute atomic E-state index is 11.4. The highest BCUT2D eigenvalue weighted by Gasteiger charge is 2.21. The molecule has 1 aliphatic carbocycles. The molecule has 1 heterocycles. The first-order chi connectivity index (χ1) is 9.22. The molecular formula is C14H18BrN3O. The van der Waals surface area contributed by atoms with Crippen molar-refractivity contribution in [1.82, 2.24) is 10.6 Å². The first-order valence-corrected chi connectivity index (χ1v) is 7.55. The van der Waals surface area contributed by atoms with E-state index in [4.69, 9.17) is 0 Å². The van der Waals surface area contributed by atoms with E-state index >= 15 is 0 Å². The molecule has 19 heavy (non-hydrogen) atoms. The van der Waals surface area contributed by atoms with Gasteiger partial charge in [0.1, 0.15) is 0 Å². The molecule has 3 rings (SSSR count). The molecule has 0 spiro atoms. The lowest BCUT2D eigenvalue weighted by Gasteiger charge is -2.29. The number of nitrogens with one attached hydrogen (secondary N) is 2. The van der Waals surface area contributed by atoms with Gasteiger partial charge >= 0.3 is 0 Å². The van der Waals surface area contributed by atoms with Crippen LogP contribution in [0.4, 0.5) is 5.69 Å². The lowest BCUT2D eigenvalue weighted by molar-refractivity contribution is -0.120. The quantitative estimate of drug-likeness (QED) is 0.885. The van der Waals surface area contributed by atoms with Crippen molar-refractivity contribution in [3.05, 3.63) is 28.2 Å². The summed E-state index contributed by atoms with van der Waals surface area (Å²) in [5.74, 6) is 0.0950. The Morgan fingerprint density at radius 2 is 2.26 bits per heavy atom. The molecule has 4 nitrogen and oxygen atoms in total. The van der Waals surface area contributed by atoms with Gasteiger partial charge in [-0.25, -0.2) is 0 Å². The number of carbonyl (C=O) groups excluding carboxylic acids is 1. The van der Waals surface area contributed by atoms with Crippen molar-refractivity contribution in [1.29, 1.82) is 0 Å². The fourth-order valence-corrected chi connectivity index (χ4v) is 2.99. The van der Waals surface area contributed by atoms with E-state index in [2.05, 4.69) is 49.7 Å². The van der Waals surface area contributed by atoms with Gasteiger partial charge in [0.2, 0.25) is 5.91 Å². The molecule has 5 heteroatoms. The van der Waals surface area contributed by atoms with Crippen LogP contribution in [0.2, 0.25) is 0 Å².